The molecule has 0 radical (unpaired) electrons. The molecule has 0 bridgehead atoms. The van der Waals surface area contributed by atoms with Crippen LogP contribution < -0.4 is 5.32 Å². The number of hydrogen-bond acceptors (Lipinski definition) is 8. The van der Waals surface area contributed by atoms with E-state index in [1.165, 1.54) is 70.6 Å². The molecule has 0 saturated carbocycles. The summed E-state index contributed by atoms with van der Waals surface area (Å²) in [6, 6.07) is -1.41. The van der Waals surface area contributed by atoms with E-state index in [1.54, 1.807) is 0 Å². The molecular weight excluding hydrogens is 522 g/mol. The van der Waals surface area contributed by atoms with E-state index < -0.39 is 67.2 Å². The number of ether oxygens (including phenoxy) is 2. The standard InChI is InChI=1S/C29H53NO10/c1-2-3-4-5-6-7-8-9-10-11-12-13-14-15-18-39-20-23-27(35)28(36)26(34)22(40-23)19-24(31)30-21(29(37)38)16-17-25(32)33/h21-23,26-28,34-36H,2-20H2,1H3,(H,30,31)(H,32,33)(H,37,38)/t21-,22+,23+,26+,27+,28+/m0/s1. The van der Waals surface area contributed by atoms with Crippen molar-refractivity contribution in [2.75, 3.05) is 13.2 Å². The summed E-state index contributed by atoms with van der Waals surface area (Å²) in [5.74, 6) is -3.36. The molecule has 0 aromatic heterocycles. The van der Waals surface area contributed by atoms with Gasteiger partial charge in [0.2, 0.25) is 5.91 Å². The van der Waals surface area contributed by atoms with E-state index in [0.717, 1.165) is 19.3 Å². The second kappa shape index (κ2) is 21.9. The molecule has 1 aliphatic heterocycles. The molecule has 0 aromatic rings. The van der Waals surface area contributed by atoms with E-state index in [2.05, 4.69) is 12.2 Å². The lowest BCUT2D eigenvalue weighted by molar-refractivity contribution is -0.233. The van der Waals surface area contributed by atoms with E-state index in [-0.39, 0.29) is 13.0 Å². The molecule has 0 spiro atoms. The number of nitrogens with one attached hydrogen (secondary N) is 1. The number of amides is 1. The molecule has 11 heteroatoms. The molecule has 1 fully saturated rings. The van der Waals surface area contributed by atoms with Crippen molar-refractivity contribution in [3.63, 3.8) is 0 Å². The Labute approximate surface area is 238 Å². The molecule has 6 atom stereocenters. The van der Waals surface area contributed by atoms with Gasteiger partial charge in [-0.15, -0.1) is 0 Å². The number of aliphatic hydroxyl groups excluding tert-OH is 3. The first-order valence-corrected chi connectivity index (χ1v) is 15.2. The Morgan fingerprint density at radius 3 is 1.75 bits per heavy atom. The molecule has 234 valence electrons. The number of unbranched alkanes of at least 4 members (excludes halogenated alkanes) is 13. The van der Waals surface area contributed by atoms with Crippen molar-refractivity contribution in [1.29, 1.82) is 0 Å². The van der Waals surface area contributed by atoms with Gasteiger partial charge in [-0.2, -0.15) is 0 Å². The lowest BCUT2D eigenvalue weighted by Crippen LogP contribution is -2.59. The first kappa shape index (κ1) is 36.2. The average Bonchev–Trinajstić information content (AvgIpc) is 2.91. The Bertz CT molecular complexity index is 706. The molecule has 1 heterocycles. The predicted molar refractivity (Wildman–Crippen MR) is 149 cm³/mol. The lowest BCUT2D eigenvalue weighted by Gasteiger charge is -2.40. The molecule has 1 amide bonds. The van der Waals surface area contributed by atoms with Crippen LogP contribution in [0.15, 0.2) is 0 Å². The van der Waals surface area contributed by atoms with Gasteiger partial charge in [0.15, 0.2) is 0 Å². The molecule has 1 aliphatic rings. The summed E-state index contributed by atoms with van der Waals surface area (Å²) < 4.78 is 11.3. The molecule has 0 aromatic carbocycles. The molecule has 1 saturated heterocycles. The smallest absolute Gasteiger partial charge is 0.326 e. The van der Waals surface area contributed by atoms with Crippen LogP contribution in [0.3, 0.4) is 0 Å². The van der Waals surface area contributed by atoms with Gasteiger partial charge in [0.25, 0.3) is 0 Å². The van der Waals surface area contributed by atoms with Gasteiger partial charge in [0, 0.05) is 13.0 Å². The molecule has 11 nitrogen and oxygen atoms in total. The van der Waals surface area contributed by atoms with E-state index in [4.69, 9.17) is 14.6 Å². The number of hydrogen-bond donors (Lipinski definition) is 6. The Kier molecular flexibility index (Phi) is 19.8. The van der Waals surface area contributed by atoms with Gasteiger partial charge in [-0.3, -0.25) is 9.59 Å². The second-order valence-electron chi connectivity index (χ2n) is 11.0. The maximum absolute atomic E-state index is 12.3. The zero-order valence-electron chi connectivity index (χ0n) is 24.2. The minimum Gasteiger partial charge on any atom is -0.481 e. The Balaban J connectivity index is 2.22. The predicted octanol–water partition coefficient (Wildman–Crippen LogP) is 3.16. The lowest BCUT2D eigenvalue weighted by atomic mass is 9.93. The molecular formula is C29H53NO10. The van der Waals surface area contributed by atoms with Crippen molar-refractivity contribution in [3.05, 3.63) is 0 Å². The van der Waals surface area contributed by atoms with Gasteiger partial charge in [-0.1, -0.05) is 90.4 Å². The van der Waals surface area contributed by atoms with Crippen molar-refractivity contribution in [3.8, 4) is 0 Å². The van der Waals surface area contributed by atoms with Crippen LogP contribution in [0.2, 0.25) is 0 Å². The Morgan fingerprint density at radius 2 is 1.25 bits per heavy atom. The first-order valence-electron chi connectivity index (χ1n) is 15.2. The quantitative estimate of drug-likeness (QED) is 0.0935. The zero-order valence-corrected chi connectivity index (χ0v) is 24.2. The van der Waals surface area contributed by atoms with Crippen molar-refractivity contribution in [2.24, 2.45) is 0 Å². The van der Waals surface area contributed by atoms with Gasteiger partial charge >= 0.3 is 11.9 Å². The van der Waals surface area contributed by atoms with Gasteiger partial charge in [0.05, 0.1) is 19.1 Å². The molecule has 6 N–H and O–H groups in total. The van der Waals surface area contributed by atoms with Gasteiger partial charge in [-0.05, 0) is 12.8 Å². The topological polar surface area (TPSA) is 183 Å². The van der Waals surface area contributed by atoms with E-state index >= 15 is 0 Å². The summed E-state index contributed by atoms with van der Waals surface area (Å²) in [4.78, 5) is 34.4. The summed E-state index contributed by atoms with van der Waals surface area (Å²) in [6.07, 6.45) is 9.58. The molecule has 40 heavy (non-hydrogen) atoms. The fraction of sp³-hybridized carbons (Fsp3) is 0.897. The number of carboxylic acids is 2. The number of rotatable bonds is 24. The van der Waals surface area contributed by atoms with Crippen molar-refractivity contribution < 1.29 is 49.4 Å². The highest BCUT2D eigenvalue weighted by molar-refractivity contribution is 5.84. The maximum Gasteiger partial charge on any atom is 0.326 e. The third-order valence-corrected chi connectivity index (χ3v) is 7.40. The maximum atomic E-state index is 12.3. The number of carboxylic acid groups (broad SMARTS) is 2. The monoisotopic (exact) mass is 575 g/mol. The first-order chi connectivity index (χ1) is 19.2. The molecule has 0 unspecified atom stereocenters. The summed E-state index contributed by atoms with van der Waals surface area (Å²) >= 11 is 0. The normalized spacial score (nSPS) is 23.6. The van der Waals surface area contributed by atoms with Crippen molar-refractivity contribution >= 4 is 17.8 Å². The Morgan fingerprint density at radius 1 is 0.750 bits per heavy atom. The highest BCUT2D eigenvalue weighted by Crippen LogP contribution is 2.24. The fourth-order valence-corrected chi connectivity index (χ4v) is 4.89. The van der Waals surface area contributed by atoms with Crippen LogP contribution in [-0.4, -0.2) is 93.2 Å². The highest BCUT2D eigenvalue weighted by Gasteiger charge is 2.44. The number of aliphatic carboxylic acids is 2. The largest absolute Gasteiger partial charge is 0.481 e. The zero-order chi connectivity index (χ0) is 29.8. The summed E-state index contributed by atoms with van der Waals surface area (Å²) in [5.41, 5.74) is 0. The van der Waals surface area contributed by atoms with Gasteiger partial charge < -0.3 is 40.3 Å². The highest BCUT2D eigenvalue weighted by atomic mass is 16.6. The van der Waals surface area contributed by atoms with Crippen LogP contribution >= 0.6 is 0 Å². The van der Waals surface area contributed by atoms with Crippen LogP contribution in [0.5, 0.6) is 0 Å². The fourth-order valence-electron chi connectivity index (χ4n) is 4.89. The summed E-state index contributed by atoms with van der Waals surface area (Å²) in [5, 5.41) is 50.9. The van der Waals surface area contributed by atoms with Crippen LogP contribution in [-0.2, 0) is 23.9 Å². The second-order valence-corrected chi connectivity index (χ2v) is 11.0. The SMILES string of the molecule is CCCCCCCCCCCCCCCCOC[C@H]1O[C@H](CC(=O)N[C@@H](CCC(=O)O)C(=O)O)[C@@H](O)[C@@H](O)[C@@H]1O. The van der Waals surface area contributed by atoms with Crippen LogP contribution in [0.25, 0.3) is 0 Å². The third kappa shape index (κ3) is 15.9. The van der Waals surface area contributed by atoms with Crippen LogP contribution in [0, 0.1) is 0 Å². The molecule has 0 aliphatic carbocycles. The van der Waals surface area contributed by atoms with Gasteiger partial charge in [0.1, 0.15) is 30.5 Å². The number of carbonyl (C=O) groups excluding carboxylic acids is 1. The third-order valence-electron chi connectivity index (χ3n) is 7.40. The van der Waals surface area contributed by atoms with Crippen LogP contribution in [0.4, 0.5) is 0 Å². The average molecular weight is 576 g/mol. The van der Waals surface area contributed by atoms with E-state index in [1.807, 2.05) is 0 Å². The minimum absolute atomic E-state index is 0.0299. The summed E-state index contributed by atoms with van der Waals surface area (Å²) in [6.45, 7) is 2.67. The number of carbonyl (C=O) groups is 3. The van der Waals surface area contributed by atoms with E-state index in [0.29, 0.717) is 6.61 Å². The summed E-state index contributed by atoms with van der Waals surface area (Å²) in [7, 11) is 0. The van der Waals surface area contributed by atoms with Crippen molar-refractivity contribution in [2.45, 2.75) is 153 Å². The van der Waals surface area contributed by atoms with Gasteiger partial charge in [-0.25, -0.2) is 4.79 Å². The van der Waals surface area contributed by atoms with Crippen LogP contribution in [0.1, 0.15) is 116 Å². The van der Waals surface area contributed by atoms with Crippen molar-refractivity contribution in [1.82, 2.24) is 5.32 Å². The molecule has 1 rings (SSSR count). The number of aliphatic hydroxyl groups is 3. The van der Waals surface area contributed by atoms with E-state index in [9.17, 15) is 34.8 Å². The Hall–Kier alpha value is -1.79. The minimum atomic E-state index is -1.57.